The van der Waals surface area contributed by atoms with Crippen molar-refractivity contribution in [3.8, 4) is 5.75 Å². The molecular weight excluding hydrogens is 562 g/mol. The maximum absolute atomic E-state index is 12.8. The highest BCUT2D eigenvalue weighted by atomic mass is 35.5. The number of anilines is 1. The number of amides is 2. The molecule has 1 aliphatic rings. The summed E-state index contributed by atoms with van der Waals surface area (Å²) in [7, 11) is 1.76. The van der Waals surface area contributed by atoms with Crippen molar-refractivity contribution in [3.05, 3.63) is 51.1 Å². The van der Waals surface area contributed by atoms with Gasteiger partial charge in [-0.05, 0) is 62.4 Å². The highest BCUT2D eigenvalue weighted by Gasteiger charge is 2.26. The molecule has 4 rings (SSSR count). The first-order chi connectivity index (χ1) is 18.9. The van der Waals surface area contributed by atoms with Gasteiger partial charge in [0.15, 0.2) is 17.6 Å². The number of hydrogen-bond donors (Lipinski definition) is 2. The molecule has 3 aromatic rings. The minimum Gasteiger partial charge on any atom is -0.484 e. The SMILES string of the molecule is CCOC(=O)c1c(NC(=O)CSc2nnc(CNC(=O)COc3ccc(Cl)cc3)n2C)sc2c1CCCCC2. The van der Waals surface area contributed by atoms with Crippen molar-refractivity contribution >= 4 is 57.5 Å². The number of aromatic nitrogens is 3. The number of carbonyl (C=O) groups excluding carboxylic acids is 3. The third kappa shape index (κ3) is 7.74. The van der Waals surface area contributed by atoms with Crippen molar-refractivity contribution in [1.82, 2.24) is 20.1 Å². The third-order valence-corrected chi connectivity index (χ3v) is 8.52. The number of fused-ring (bicyclic) bond motifs is 1. The number of thiophene rings is 1. The topological polar surface area (TPSA) is 124 Å². The lowest BCUT2D eigenvalue weighted by atomic mass is 10.1. The number of thioether (sulfide) groups is 1. The zero-order chi connectivity index (χ0) is 27.8. The van der Waals surface area contributed by atoms with Crippen molar-refractivity contribution in [2.75, 3.05) is 24.3 Å². The number of carbonyl (C=O) groups is 3. The van der Waals surface area contributed by atoms with Crippen LogP contribution in [0.5, 0.6) is 5.75 Å². The molecule has 0 spiro atoms. The Balaban J connectivity index is 1.29. The van der Waals surface area contributed by atoms with Gasteiger partial charge in [0.1, 0.15) is 10.8 Å². The largest absolute Gasteiger partial charge is 0.484 e. The summed E-state index contributed by atoms with van der Waals surface area (Å²) in [4.78, 5) is 38.9. The summed E-state index contributed by atoms with van der Waals surface area (Å²) in [5.74, 6) is 0.200. The molecule has 0 unspecified atom stereocenters. The van der Waals surface area contributed by atoms with E-state index in [2.05, 4.69) is 20.8 Å². The van der Waals surface area contributed by atoms with E-state index in [9.17, 15) is 14.4 Å². The van der Waals surface area contributed by atoms with Gasteiger partial charge in [-0.15, -0.1) is 21.5 Å². The van der Waals surface area contributed by atoms with Gasteiger partial charge in [-0.2, -0.15) is 0 Å². The van der Waals surface area contributed by atoms with Crippen LogP contribution in [-0.2, 0) is 40.8 Å². The summed E-state index contributed by atoms with van der Waals surface area (Å²) in [6.45, 7) is 2.05. The van der Waals surface area contributed by atoms with E-state index in [0.29, 0.717) is 32.3 Å². The van der Waals surface area contributed by atoms with E-state index in [1.54, 1.807) is 42.8 Å². The lowest BCUT2D eigenvalue weighted by molar-refractivity contribution is -0.123. The van der Waals surface area contributed by atoms with E-state index in [1.807, 2.05) is 0 Å². The normalized spacial score (nSPS) is 12.8. The van der Waals surface area contributed by atoms with Gasteiger partial charge < -0.3 is 24.7 Å². The van der Waals surface area contributed by atoms with Crippen LogP contribution < -0.4 is 15.4 Å². The lowest BCUT2D eigenvalue weighted by Crippen LogP contribution is -2.29. The quantitative estimate of drug-likeness (QED) is 0.191. The van der Waals surface area contributed by atoms with Crippen LogP contribution in [0.1, 0.15) is 52.8 Å². The average Bonchev–Trinajstić information content (AvgIpc) is 3.35. The second kappa shape index (κ2) is 13.8. The Hall–Kier alpha value is -3.09. The van der Waals surface area contributed by atoms with Crippen LogP contribution in [0, 0.1) is 0 Å². The van der Waals surface area contributed by atoms with E-state index in [1.165, 1.54) is 23.1 Å². The summed E-state index contributed by atoms with van der Waals surface area (Å²) in [5, 5.41) is 15.6. The van der Waals surface area contributed by atoms with Gasteiger partial charge in [0.05, 0.1) is 24.5 Å². The number of rotatable bonds is 11. The second-order valence-corrected chi connectivity index (χ2v) is 11.3. The zero-order valence-electron chi connectivity index (χ0n) is 21.8. The number of nitrogens with zero attached hydrogens (tertiary/aromatic N) is 3. The van der Waals surface area contributed by atoms with E-state index in [0.717, 1.165) is 42.5 Å². The fourth-order valence-corrected chi connectivity index (χ4v) is 6.23. The summed E-state index contributed by atoms with van der Waals surface area (Å²) in [6, 6.07) is 6.73. The first-order valence-electron chi connectivity index (χ1n) is 12.6. The molecule has 1 aliphatic carbocycles. The molecule has 0 saturated heterocycles. The molecular formula is C26H30ClN5O5S2. The van der Waals surface area contributed by atoms with Crippen LogP contribution in [0.4, 0.5) is 5.00 Å². The van der Waals surface area contributed by atoms with Gasteiger partial charge in [0.2, 0.25) is 5.91 Å². The van der Waals surface area contributed by atoms with Crippen LogP contribution >= 0.6 is 34.7 Å². The Bertz CT molecular complexity index is 1320. The maximum atomic E-state index is 12.8. The van der Waals surface area contributed by atoms with E-state index >= 15 is 0 Å². The Kier molecular flexibility index (Phi) is 10.2. The molecule has 39 heavy (non-hydrogen) atoms. The van der Waals surface area contributed by atoms with Crippen molar-refractivity contribution in [1.29, 1.82) is 0 Å². The molecule has 2 aromatic heterocycles. The number of hydrogen-bond acceptors (Lipinski definition) is 9. The summed E-state index contributed by atoms with van der Waals surface area (Å²) < 4.78 is 12.4. The van der Waals surface area contributed by atoms with Crippen LogP contribution in [0.25, 0.3) is 0 Å². The highest BCUT2D eigenvalue weighted by Crippen LogP contribution is 2.38. The zero-order valence-corrected chi connectivity index (χ0v) is 24.1. The van der Waals surface area contributed by atoms with Crippen molar-refractivity contribution in [2.24, 2.45) is 7.05 Å². The number of esters is 1. The molecule has 0 saturated carbocycles. The van der Waals surface area contributed by atoms with Crippen molar-refractivity contribution in [2.45, 2.75) is 50.7 Å². The van der Waals surface area contributed by atoms with E-state index in [4.69, 9.17) is 21.1 Å². The Morgan fingerprint density at radius 3 is 2.64 bits per heavy atom. The lowest BCUT2D eigenvalue weighted by Gasteiger charge is -2.09. The molecule has 1 aromatic carbocycles. The fourth-order valence-electron chi connectivity index (χ4n) is 4.08. The van der Waals surface area contributed by atoms with E-state index in [-0.39, 0.29) is 37.3 Å². The Morgan fingerprint density at radius 1 is 1.10 bits per heavy atom. The molecule has 0 bridgehead atoms. The van der Waals surface area contributed by atoms with Crippen molar-refractivity contribution in [3.63, 3.8) is 0 Å². The van der Waals surface area contributed by atoms with Gasteiger partial charge in [-0.3, -0.25) is 9.59 Å². The second-order valence-electron chi connectivity index (χ2n) is 8.80. The van der Waals surface area contributed by atoms with Gasteiger partial charge in [0, 0.05) is 16.9 Å². The first-order valence-corrected chi connectivity index (χ1v) is 14.8. The molecule has 13 heteroatoms. The summed E-state index contributed by atoms with van der Waals surface area (Å²) >= 11 is 8.53. The maximum Gasteiger partial charge on any atom is 0.341 e. The van der Waals surface area contributed by atoms with Crippen LogP contribution in [0.3, 0.4) is 0 Å². The van der Waals surface area contributed by atoms with Crippen LogP contribution in [0.15, 0.2) is 29.4 Å². The van der Waals surface area contributed by atoms with Gasteiger partial charge in [-0.25, -0.2) is 4.79 Å². The standard InChI is InChI=1S/C26H30ClN5O5S2/c1-3-36-25(35)23-18-7-5-4-6-8-19(18)39-24(23)29-22(34)15-38-26-31-30-20(32(26)2)13-28-21(33)14-37-17-11-9-16(27)10-12-17/h9-12H,3-8,13-15H2,1-2H3,(H,28,33)(H,29,34). The molecule has 208 valence electrons. The molecule has 0 aliphatic heterocycles. The minimum atomic E-state index is -0.390. The monoisotopic (exact) mass is 591 g/mol. The molecule has 0 radical (unpaired) electrons. The predicted molar refractivity (Wildman–Crippen MR) is 151 cm³/mol. The number of benzene rings is 1. The number of aryl methyl sites for hydroxylation is 1. The van der Waals surface area contributed by atoms with Gasteiger partial charge >= 0.3 is 5.97 Å². The van der Waals surface area contributed by atoms with Crippen LogP contribution in [0.2, 0.25) is 5.02 Å². The highest BCUT2D eigenvalue weighted by molar-refractivity contribution is 7.99. The fraction of sp³-hybridized carbons (Fsp3) is 0.423. The Labute approximate surface area is 239 Å². The summed E-state index contributed by atoms with van der Waals surface area (Å²) in [5.41, 5.74) is 1.51. The molecule has 2 N–H and O–H groups in total. The Morgan fingerprint density at radius 2 is 1.87 bits per heavy atom. The van der Waals surface area contributed by atoms with Crippen molar-refractivity contribution < 1.29 is 23.9 Å². The molecule has 0 atom stereocenters. The molecule has 10 nitrogen and oxygen atoms in total. The van der Waals surface area contributed by atoms with Gasteiger partial charge in [-0.1, -0.05) is 29.8 Å². The number of halogens is 1. The molecule has 0 fully saturated rings. The molecule has 2 heterocycles. The molecule has 2 amide bonds. The smallest absolute Gasteiger partial charge is 0.341 e. The predicted octanol–water partition coefficient (Wildman–Crippen LogP) is 4.40. The van der Waals surface area contributed by atoms with Gasteiger partial charge in [0.25, 0.3) is 5.91 Å². The first kappa shape index (κ1) is 28.9. The van der Waals surface area contributed by atoms with Crippen LogP contribution in [-0.4, -0.2) is 51.5 Å². The van der Waals surface area contributed by atoms with E-state index < -0.39 is 5.97 Å². The number of ether oxygens (including phenoxy) is 2. The minimum absolute atomic E-state index is 0.0814. The number of nitrogens with one attached hydrogen (secondary N) is 2. The third-order valence-electron chi connectivity index (χ3n) is 6.04. The average molecular weight is 592 g/mol. The summed E-state index contributed by atoms with van der Waals surface area (Å²) in [6.07, 6.45) is 4.94.